The molecule has 0 aliphatic carbocycles. The van der Waals surface area contributed by atoms with Gasteiger partial charge >= 0.3 is 21.2 Å². The molecule has 0 spiro atoms. The maximum Gasteiger partial charge on any atom is 0.346 e. The second kappa shape index (κ2) is 8.65. The van der Waals surface area contributed by atoms with Gasteiger partial charge < -0.3 is 24.7 Å². The molecule has 0 aliphatic heterocycles. The largest absolute Gasteiger partial charge is 0.481 e. The highest BCUT2D eigenvalue weighted by molar-refractivity contribution is 7.53. The number of aliphatic carboxylic acids is 1. The molecule has 0 saturated heterocycles. The Bertz CT molecular complexity index is 530. The minimum atomic E-state index is -4.91. The Labute approximate surface area is 132 Å². The number of carbonyl (C=O) groups excluding carboxylic acids is 1. The van der Waals surface area contributed by atoms with Crippen molar-refractivity contribution >= 4 is 26.9 Å². The van der Waals surface area contributed by atoms with Crippen molar-refractivity contribution in [3.8, 4) is 0 Å². The molecule has 0 radical (unpaired) electrons. The topological polar surface area (TPSA) is 173 Å². The first kappa shape index (κ1) is 21.9. The number of rotatable bonds is 11. The van der Waals surface area contributed by atoms with Crippen molar-refractivity contribution in [1.29, 1.82) is 0 Å². The van der Waals surface area contributed by atoms with E-state index in [1.54, 1.807) is 0 Å². The van der Waals surface area contributed by atoms with E-state index in [-0.39, 0.29) is 0 Å². The van der Waals surface area contributed by atoms with Gasteiger partial charge in [-0.05, 0) is 0 Å². The lowest BCUT2D eigenvalue weighted by Crippen LogP contribution is -2.44. The lowest BCUT2D eigenvalue weighted by molar-refractivity contribution is -0.138. The van der Waals surface area contributed by atoms with Crippen LogP contribution in [0.4, 0.5) is 0 Å². The van der Waals surface area contributed by atoms with E-state index in [4.69, 9.17) is 5.11 Å². The van der Waals surface area contributed by atoms with Crippen LogP contribution in [0.15, 0.2) is 25.3 Å². The van der Waals surface area contributed by atoms with Gasteiger partial charge in [0.25, 0.3) is 0 Å². The van der Waals surface area contributed by atoms with Crippen molar-refractivity contribution in [1.82, 2.24) is 4.90 Å². The van der Waals surface area contributed by atoms with Crippen molar-refractivity contribution < 1.29 is 43.4 Å². The van der Waals surface area contributed by atoms with Crippen molar-refractivity contribution in [2.24, 2.45) is 0 Å². The van der Waals surface area contributed by atoms with Gasteiger partial charge in [-0.1, -0.05) is 12.2 Å². The van der Waals surface area contributed by atoms with Crippen molar-refractivity contribution in [2.75, 3.05) is 6.54 Å². The molecule has 0 aromatic heterocycles. The molecule has 0 bridgehead atoms. The van der Waals surface area contributed by atoms with Gasteiger partial charge in [-0.15, -0.1) is 13.2 Å². The summed E-state index contributed by atoms with van der Waals surface area (Å²) in [5.41, 5.74) is 0. The SMILES string of the molecule is C=CC(N(CC(=O)CCC(=O)O)C(C=C)P(=O)(O)O)P(=O)(O)O. The lowest BCUT2D eigenvalue weighted by atomic mass is 10.2. The number of Topliss-reactive ketones (excluding diaryl/α,β-unsaturated/α-hetero) is 1. The maximum absolute atomic E-state index is 11.8. The minimum absolute atomic E-state index is 0.456. The van der Waals surface area contributed by atoms with Crippen LogP contribution in [-0.4, -0.2) is 59.4 Å². The standard InChI is InChI=1S/C11H19NO9P2/c1-3-9(22(16,17)18)12(10(4-2)23(19,20)21)7-8(13)5-6-11(14)15/h3-4,9-10H,1-2,5-7H2,(H,14,15)(H2,16,17,18)(H2,19,20,21). The van der Waals surface area contributed by atoms with Crippen LogP contribution in [0.5, 0.6) is 0 Å². The third-order valence-electron chi connectivity index (χ3n) is 2.77. The molecule has 0 aliphatic rings. The fourth-order valence-electron chi connectivity index (χ4n) is 1.80. The van der Waals surface area contributed by atoms with Gasteiger partial charge in [0.2, 0.25) is 0 Å². The van der Waals surface area contributed by atoms with Gasteiger partial charge in [0.05, 0.1) is 13.0 Å². The van der Waals surface area contributed by atoms with E-state index in [9.17, 15) is 38.3 Å². The molecule has 2 unspecified atom stereocenters. The Morgan fingerprint density at radius 3 is 1.61 bits per heavy atom. The predicted molar refractivity (Wildman–Crippen MR) is 80.6 cm³/mol. The molecule has 12 heteroatoms. The average Bonchev–Trinajstić information content (AvgIpc) is 2.34. The highest BCUT2D eigenvalue weighted by Crippen LogP contribution is 2.50. The van der Waals surface area contributed by atoms with Crippen LogP contribution >= 0.6 is 15.2 Å². The highest BCUT2D eigenvalue weighted by Gasteiger charge is 2.42. The van der Waals surface area contributed by atoms with E-state index in [0.717, 1.165) is 12.2 Å². The molecule has 0 heterocycles. The monoisotopic (exact) mass is 371 g/mol. The molecule has 0 aromatic carbocycles. The number of carboxylic acids is 1. The van der Waals surface area contributed by atoms with Crippen LogP contribution in [0.1, 0.15) is 12.8 Å². The first-order chi connectivity index (χ1) is 10.3. The zero-order chi connectivity index (χ0) is 18.4. The summed E-state index contributed by atoms with van der Waals surface area (Å²) in [6, 6.07) is 0. The first-order valence-corrected chi connectivity index (χ1v) is 9.55. The molecule has 0 aromatic rings. The van der Waals surface area contributed by atoms with Crippen molar-refractivity contribution in [3.63, 3.8) is 0 Å². The fourth-order valence-corrected chi connectivity index (χ4v) is 3.68. The molecular weight excluding hydrogens is 352 g/mol. The maximum atomic E-state index is 11.8. The number of hydrogen-bond acceptors (Lipinski definition) is 5. The van der Waals surface area contributed by atoms with Crippen LogP contribution in [0.3, 0.4) is 0 Å². The van der Waals surface area contributed by atoms with E-state index in [0.29, 0.717) is 4.90 Å². The van der Waals surface area contributed by atoms with E-state index in [2.05, 4.69) is 13.2 Å². The Morgan fingerprint density at radius 1 is 0.957 bits per heavy atom. The molecule has 5 N–H and O–H groups in total. The average molecular weight is 371 g/mol. The smallest absolute Gasteiger partial charge is 0.346 e. The zero-order valence-electron chi connectivity index (χ0n) is 12.1. The van der Waals surface area contributed by atoms with Gasteiger partial charge in [-0.25, -0.2) is 0 Å². The molecule has 0 rings (SSSR count). The number of nitrogens with zero attached hydrogens (tertiary/aromatic N) is 1. The van der Waals surface area contributed by atoms with Crippen LogP contribution in [0.25, 0.3) is 0 Å². The molecule has 0 saturated carbocycles. The zero-order valence-corrected chi connectivity index (χ0v) is 13.8. The second-order valence-corrected chi connectivity index (χ2v) is 8.00. The second-order valence-electron chi connectivity index (χ2n) is 4.58. The predicted octanol–water partition coefficient (Wildman–Crippen LogP) is 0.102. The van der Waals surface area contributed by atoms with Crippen LogP contribution < -0.4 is 0 Å². The Hall–Kier alpha value is -1.12. The summed E-state index contributed by atoms with van der Waals surface area (Å²) >= 11 is 0. The highest BCUT2D eigenvalue weighted by atomic mass is 31.2. The van der Waals surface area contributed by atoms with Crippen LogP contribution in [0, 0.1) is 0 Å². The number of ketones is 1. The molecule has 2 atom stereocenters. The van der Waals surface area contributed by atoms with Crippen LogP contribution in [0.2, 0.25) is 0 Å². The Morgan fingerprint density at radius 2 is 1.35 bits per heavy atom. The van der Waals surface area contributed by atoms with Crippen molar-refractivity contribution in [2.45, 2.75) is 24.4 Å². The quantitative estimate of drug-likeness (QED) is 0.248. The molecule has 132 valence electrons. The lowest BCUT2D eigenvalue weighted by Gasteiger charge is -2.34. The van der Waals surface area contributed by atoms with E-state index in [1.807, 2.05) is 0 Å². The van der Waals surface area contributed by atoms with Gasteiger partial charge in [0, 0.05) is 6.42 Å². The molecule has 0 fully saturated rings. The molecule has 23 heavy (non-hydrogen) atoms. The third kappa shape index (κ3) is 7.32. The normalized spacial score (nSPS) is 15.0. The van der Waals surface area contributed by atoms with Gasteiger partial charge in [0.15, 0.2) is 0 Å². The Balaban J connectivity index is 5.62. The summed E-state index contributed by atoms with van der Waals surface area (Å²) in [6.07, 6.45) is 0.548. The minimum Gasteiger partial charge on any atom is -0.481 e. The summed E-state index contributed by atoms with van der Waals surface area (Å²) in [5.74, 6) is -5.69. The van der Waals surface area contributed by atoms with Gasteiger partial charge in [-0.2, -0.15) is 0 Å². The van der Waals surface area contributed by atoms with Crippen molar-refractivity contribution in [3.05, 3.63) is 25.3 Å². The molecule has 0 amide bonds. The van der Waals surface area contributed by atoms with E-state index in [1.165, 1.54) is 0 Å². The molecule has 10 nitrogen and oxygen atoms in total. The molecular formula is C11H19NO9P2. The van der Waals surface area contributed by atoms with Gasteiger partial charge in [-0.3, -0.25) is 23.6 Å². The number of carboxylic acid groups (broad SMARTS) is 1. The summed E-state index contributed by atoms with van der Waals surface area (Å²) in [4.78, 5) is 60.0. The number of hydrogen-bond donors (Lipinski definition) is 5. The third-order valence-corrected chi connectivity index (χ3v) is 5.16. The number of carbonyl (C=O) groups is 2. The van der Waals surface area contributed by atoms with Gasteiger partial charge in [0.1, 0.15) is 17.3 Å². The summed E-state index contributed by atoms with van der Waals surface area (Å²) < 4.78 is 23.0. The van der Waals surface area contributed by atoms with E-state index < -0.39 is 57.9 Å². The first-order valence-electron chi connectivity index (χ1n) is 6.19. The van der Waals surface area contributed by atoms with E-state index >= 15 is 0 Å². The summed E-state index contributed by atoms with van der Waals surface area (Å²) in [7, 11) is -9.83. The summed E-state index contributed by atoms with van der Waals surface area (Å²) in [5, 5.41) is 8.52. The van der Waals surface area contributed by atoms with Crippen LogP contribution in [-0.2, 0) is 18.7 Å². The fraction of sp³-hybridized carbons (Fsp3) is 0.455. The Kier molecular flexibility index (Phi) is 8.23. The summed E-state index contributed by atoms with van der Waals surface area (Å²) in [6.45, 7) is 5.62.